The Morgan fingerprint density at radius 2 is 2.22 bits per heavy atom. The van der Waals surface area contributed by atoms with Gasteiger partial charge in [0.25, 0.3) is 5.91 Å². The highest BCUT2D eigenvalue weighted by Gasteiger charge is 2.39. The van der Waals surface area contributed by atoms with E-state index in [2.05, 4.69) is 0 Å². The summed E-state index contributed by atoms with van der Waals surface area (Å²) in [5.74, 6) is 0.444. The van der Waals surface area contributed by atoms with Gasteiger partial charge in [-0.1, -0.05) is 23.7 Å². The zero-order valence-electron chi connectivity index (χ0n) is 13.0. The number of amides is 1. The maximum absolute atomic E-state index is 12.5. The molecule has 0 saturated carbocycles. The predicted octanol–water partition coefficient (Wildman–Crippen LogP) is 2.11. The lowest BCUT2D eigenvalue weighted by atomic mass is 9.89. The van der Waals surface area contributed by atoms with Gasteiger partial charge in [0, 0.05) is 25.1 Å². The van der Waals surface area contributed by atoms with Crippen LogP contribution in [-0.4, -0.2) is 54.4 Å². The number of likely N-dealkylation sites (tertiary alicyclic amines) is 1. The fourth-order valence-electron chi connectivity index (χ4n) is 3.45. The van der Waals surface area contributed by atoms with Gasteiger partial charge in [0.15, 0.2) is 6.61 Å². The van der Waals surface area contributed by atoms with Gasteiger partial charge in [0.2, 0.25) is 0 Å². The molecule has 0 aliphatic carbocycles. The number of aliphatic hydroxyl groups is 1. The van der Waals surface area contributed by atoms with Crippen molar-refractivity contribution in [3.8, 4) is 5.75 Å². The smallest absolute Gasteiger partial charge is 0.260 e. The number of para-hydroxylation sites is 1. The van der Waals surface area contributed by atoms with Gasteiger partial charge < -0.3 is 19.5 Å². The van der Waals surface area contributed by atoms with Gasteiger partial charge in [-0.2, -0.15) is 0 Å². The molecule has 1 N–H and O–H groups in total. The Morgan fingerprint density at radius 1 is 1.39 bits per heavy atom. The van der Waals surface area contributed by atoms with Crippen molar-refractivity contribution in [2.45, 2.75) is 31.4 Å². The molecule has 2 saturated heterocycles. The number of aliphatic hydroxyl groups excluding tert-OH is 1. The number of rotatable bonds is 4. The summed E-state index contributed by atoms with van der Waals surface area (Å²) in [6, 6.07) is 7.15. The Kier molecular flexibility index (Phi) is 5.41. The number of ether oxygens (including phenoxy) is 2. The Hall–Kier alpha value is -1.30. The summed E-state index contributed by atoms with van der Waals surface area (Å²) in [4.78, 5) is 14.4. The number of carbonyl (C=O) groups is 1. The minimum atomic E-state index is -0.397. The first-order chi connectivity index (χ1) is 11.2. The van der Waals surface area contributed by atoms with Crippen molar-refractivity contribution in [1.29, 1.82) is 0 Å². The molecule has 6 heteroatoms. The first kappa shape index (κ1) is 16.6. The van der Waals surface area contributed by atoms with E-state index in [4.69, 9.17) is 21.1 Å². The van der Waals surface area contributed by atoms with E-state index in [1.165, 1.54) is 0 Å². The largest absolute Gasteiger partial charge is 0.482 e. The van der Waals surface area contributed by atoms with E-state index in [-0.39, 0.29) is 24.5 Å². The monoisotopic (exact) mass is 339 g/mol. The highest BCUT2D eigenvalue weighted by atomic mass is 35.5. The van der Waals surface area contributed by atoms with Gasteiger partial charge >= 0.3 is 0 Å². The average molecular weight is 340 g/mol. The van der Waals surface area contributed by atoms with Gasteiger partial charge in [0.05, 0.1) is 17.7 Å². The predicted molar refractivity (Wildman–Crippen MR) is 86.6 cm³/mol. The van der Waals surface area contributed by atoms with Crippen LogP contribution in [0.15, 0.2) is 24.3 Å². The maximum atomic E-state index is 12.5. The minimum Gasteiger partial charge on any atom is -0.482 e. The third kappa shape index (κ3) is 3.79. The standard InChI is InChI=1S/C17H22ClNO4/c18-13-4-1-2-6-16(13)23-11-17(21)19-8-3-5-14(19)12-10-22-9-7-15(12)20/h1-2,4,6,12,14-15,20H,3,5,7-11H2. The molecule has 0 spiro atoms. The van der Waals surface area contributed by atoms with Crippen molar-refractivity contribution in [3.63, 3.8) is 0 Å². The van der Waals surface area contributed by atoms with E-state index in [1.807, 2.05) is 17.0 Å². The molecule has 2 aliphatic rings. The van der Waals surface area contributed by atoms with Gasteiger partial charge in [-0.05, 0) is 31.4 Å². The summed E-state index contributed by atoms with van der Waals surface area (Å²) in [7, 11) is 0. The van der Waals surface area contributed by atoms with Gasteiger partial charge in [-0.15, -0.1) is 0 Å². The van der Waals surface area contributed by atoms with Crippen molar-refractivity contribution < 1.29 is 19.4 Å². The third-order valence-electron chi connectivity index (χ3n) is 4.66. The molecule has 2 fully saturated rings. The zero-order chi connectivity index (χ0) is 16.2. The molecule has 5 nitrogen and oxygen atoms in total. The Bertz CT molecular complexity index is 553. The number of halogens is 1. The van der Waals surface area contributed by atoms with E-state index in [0.717, 1.165) is 12.8 Å². The lowest BCUT2D eigenvalue weighted by Crippen LogP contribution is -2.49. The van der Waals surface area contributed by atoms with E-state index >= 15 is 0 Å². The van der Waals surface area contributed by atoms with Crippen LogP contribution in [0.1, 0.15) is 19.3 Å². The lowest BCUT2D eigenvalue weighted by molar-refractivity contribution is -0.138. The molecule has 1 amide bonds. The number of carbonyl (C=O) groups excluding carboxylic acids is 1. The normalized spacial score (nSPS) is 27.9. The van der Waals surface area contributed by atoms with E-state index in [1.54, 1.807) is 12.1 Å². The first-order valence-corrected chi connectivity index (χ1v) is 8.47. The molecule has 23 heavy (non-hydrogen) atoms. The zero-order valence-corrected chi connectivity index (χ0v) is 13.7. The number of hydrogen-bond donors (Lipinski definition) is 1. The molecule has 3 rings (SSSR count). The van der Waals surface area contributed by atoms with Crippen LogP contribution >= 0.6 is 11.6 Å². The number of nitrogens with zero attached hydrogens (tertiary/aromatic N) is 1. The van der Waals surface area contributed by atoms with E-state index < -0.39 is 6.10 Å². The van der Waals surface area contributed by atoms with Crippen LogP contribution in [0.5, 0.6) is 5.75 Å². The summed E-state index contributed by atoms with van der Waals surface area (Å²) in [6.45, 7) is 1.78. The highest BCUT2D eigenvalue weighted by molar-refractivity contribution is 6.32. The van der Waals surface area contributed by atoms with Crippen molar-refractivity contribution in [3.05, 3.63) is 29.3 Å². The second-order valence-corrected chi connectivity index (χ2v) is 6.52. The van der Waals surface area contributed by atoms with Crippen LogP contribution in [-0.2, 0) is 9.53 Å². The lowest BCUT2D eigenvalue weighted by Gasteiger charge is -2.36. The van der Waals surface area contributed by atoms with Crippen LogP contribution < -0.4 is 4.74 Å². The third-order valence-corrected chi connectivity index (χ3v) is 4.98. The van der Waals surface area contributed by atoms with Crippen molar-refractivity contribution in [2.24, 2.45) is 5.92 Å². The summed E-state index contributed by atoms with van der Waals surface area (Å²) >= 11 is 6.04. The Balaban J connectivity index is 1.60. The summed E-state index contributed by atoms with van der Waals surface area (Å²) in [5, 5.41) is 10.7. The van der Waals surface area contributed by atoms with E-state index in [0.29, 0.717) is 37.0 Å². The average Bonchev–Trinajstić information content (AvgIpc) is 3.04. The fraction of sp³-hybridized carbons (Fsp3) is 0.588. The number of benzene rings is 1. The summed E-state index contributed by atoms with van der Waals surface area (Å²) in [6.07, 6.45) is 2.10. The molecule has 0 aromatic heterocycles. The minimum absolute atomic E-state index is 0.00415. The van der Waals surface area contributed by atoms with Crippen LogP contribution in [0.2, 0.25) is 5.02 Å². The summed E-state index contributed by atoms with van der Waals surface area (Å²) in [5.41, 5.74) is 0. The molecular weight excluding hydrogens is 318 g/mol. The maximum Gasteiger partial charge on any atom is 0.260 e. The molecule has 3 unspecified atom stereocenters. The second-order valence-electron chi connectivity index (χ2n) is 6.11. The van der Waals surface area contributed by atoms with Crippen LogP contribution in [0, 0.1) is 5.92 Å². The van der Waals surface area contributed by atoms with Gasteiger partial charge in [-0.25, -0.2) is 0 Å². The van der Waals surface area contributed by atoms with Crippen molar-refractivity contribution in [1.82, 2.24) is 4.90 Å². The second kappa shape index (κ2) is 7.51. The summed E-state index contributed by atoms with van der Waals surface area (Å²) < 4.78 is 11.0. The molecule has 1 aromatic carbocycles. The highest BCUT2D eigenvalue weighted by Crippen LogP contribution is 2.30. The molecule has 2 heterocycles. The molecule has 3 atom stereocenters. The first-order valence-electron chi connectivity index (χ1n) is 8.09. The molecule has 0 radical (unpaired) electrons. The van der Waals surface area contributed by atoms with E-state index in [9.17, 15) is 9.90 Å². The molecule has 2 aliphatic heterocycles. The Labute approximate surface area is 141 Å². The fourth-order valence-corrected chi connectivity index (χ4v) is 3.64. The van der Waals surface area contributed by atoms with Gasteiger partial charge in [0.1, 0.15) is 5.75 Å². The van der Waals surface area contributed by atoms with Gasteiger partial charge in [-0.3, -0.25) is 4.79 Å². The molecule has 0 bridgehead atoms. The van der Waals surface area contributed by atoms with Crippen LogP contribution in [0.25, 0.3) is 0 Å². The van der Waals surface area contributed by atoms with Crippen molar-refractivity contribution in [2.75, 3.05) is 26.4 Å². The molecular formula is C17H22ClNO4. The Morgan fingerprint density at radius 3 is 3.00 bits per heavy atom. The molecule has 126 valence electrons. The van der Waals surface area contributed by atoms with Crippen LogP contribution in [0.4, 0.5) is 0 Å². The SMILES string of the molecule is O=C(COc1ccccc1Cl)N1CCCC1C1COCCC1O. The van der Waals surface area contributed by atoms with Crippen LogP contribution in [0.3, 0.4) is 0 Å². The molecule has 1 aromatic rings. The topological polar surface area (TPSA) is 59.0 Å². The van der Waals surface area contributed by atoms with Crippen molar-refractivity contribution >= 4 is 17.5 Å². The number of hydrogen-bond acceptors (Lipinski definition) is 4. The quantitative estimate of drug-likeness (QED) is 0.912.